The maximum atomic E-state index is 11.6. The molecule has 0 fully saturated rings. The van der Waals surface area contributed by atoms with E-state index in [0.29, 0.717) is 12.0 Å². The summed E-state index contributed by atoms with van der Waals surface area (Å²) in [6.45, 7) is 7.02. The van der Waals surface area contributed by atoms with Crippen molar-refractivity contribution in [2.75, 3.05) is 6.61 Å². The molecule has 0 bridgehead atoms. The molecule has 1 aromatic carbocycles. The van der Waals surface area contributed by atoms with E-state index in [1.54, 1.807) is 6.07 Å². The van der Waals surface area contributed by atoms with E-state index in [0.717, 1.165) is 35.0 Å². The van der Waals surface area contributed by atoms with Gasteiger partial charge in [0.15, 0.2) is 0 Å². The number of benzene rings is 1. The molecule has 2 N–H and O–H groups in total. The first-order valence-electron chi connectivity index (χ1n) is 7.49. The Morgan fingerprint density at radius 1 is 1.33 bits per heavy atom. The number of carbonyl (C=O) groups is 1. The van der Waals surface area contributed by atoms with Crippen LogP contribution in [0.1, 0.15) is 54.6 Å². The van der Waals surface area contributed by atoms with Crippen molar-refractivity contribution < 1.29 is 15.0 Å². The Labute approximate surface area is 125 Å². The minimum atomic E-state index is -0.885. The number of fused-ring (bicyclic) bond motifs is 1. The molecule has 0 aliphatic carbocycles. The van der Waals surface area contributed by atoms with Crippen LogP contribution in [0.25, 0.3) is 10.9 Å². The SMILES string of the molecule is CCn1cc(CCCO)c2cc(C(C)C)cc(C(=O)O)c21. The van der Waals surface area contributed by atoms with Crippen LogP contribution in [0.4, 0.5) is 0 Å². The van der Waals surface area contributed by atoms with Gasteiger partial charge in [-0.05, 0) is 48.9 Å². The number of aromatic carboxylic acids is 1. The predicted molar refractivity (Wildman–Crippen MR) is 84.1 cm³/mol. The maximum Gasteiger partial charge on any atom is 0.337 e. The number of hydrogen-bond acceptors (Lipinski definition) is 2. The van der Waals surface area contributed by atoms with E-state index in [4.69, 9.17) is 5.11 Å². The quantitative estimate of drug-likeness (QED) is 0.856. The molecule has 1 heterocycles. The van der Waals surface area contributed by atoms with Gasteiger partial charge < -0.3 is 14.8 Å². The molecule has 4 heteroatoms. The molecule has 0 spiro atoms. The summed E-state index contributed by atoms with van der Waals surface area (Å²) in [5, 5.41) is 19.6. The molecular weight excluding hydrogens is 266 g/mol. The first kappa shape index (κ1) is 15.6. The van der Waals surface area contributed by atoms with Gasteiger partial charge >= 0.3 is 5.97 Å². The van der Waals surface area contributed by atoms with Gasteiger partial charge in [0.05, 0.1) is 11.1 Å². The average molecular weight is 289 g/mol. The van der Waals surface area contributed by atoms with Gasteiger partial charge in [-0.15, -0.1) is 0 Å². The molecule has 0 atom stereocenters. The van der Waals surface area contributed by atoms with Gasteiger partial charge in [-0.3, -0.25) is 0 Å². The van der Waals surface area contributed by atoms with E-state index >= 15 is 0 Å². The molecule has 0 amide bonds. The number of nitrogens with zero attached hydrogens (tertiary/aromatic N) is 1. The van der Waals surface area contributed by atoms with E-state index < -0.39 is 5.97 Å². The topological polar surface area (TPSA) is 62.5 Å². The summed E-state index contributed by atoms with van der Waals surface area (Å²) in [6.07, 6.45) is 3.48. The lowest BCUT2D eigenvalue weighted by Gasteiger charge is -2.10. The van der Waals surface area contributed by atoms with Gasteiger partial charge in [0.2, 0.25) is 0 Å². The van der Waals surface area contributed by atoms with E-state index in [1.165, 1.54) is 0 Å². The second-order valence-corrected chi connectivity index (χ2v) is 5.69. The normalized spacial score (nSPS) is 11.5. The molecule has 114 valence electrons. The zero-order valence-electron chi connectivity index (χ0n) is 12.9. The summed E-state index contributed by atoms with van der Waals surface area (Å²) >= 11 is 0. The van der Waals surface area contributed by atoms with E-state index in [1.807, 2.05) is 17.7 Å². The Morgan fingerprint density at radius 3 is 2.57 bits per heavy atom. The Bertz CT molecular complexity index is 656. The van der Waals surface area contributed by atoms with Crippen molar-refractivity contribution in [3.63, 3.8) is 0 Å². The summed E-state index contributed by atoms with van der Waals surface area (Å²) in [5.41, 5.74) is 3.32. The highest BCUT2D eigenvalue weighted by Gasteiger charge is 2.18. The molecule has 2 aromatic rings. The van der Waals surface area contributed by atoms with Gasteiger partial charge in [-0.1, -0.05) is 13.8 Å². The maximum absolute atomic E-state index is 11.6. The lowest BCUT2D eigenvalue weighted by atomic mass is 9.96. The molecule has 0 unspecified atom stereocenters. The van der Waals surface area contributed by atoms with E-state index in [9.17, 15) is 9.90 Å². The minimum absolute atomic E-state index is 0.147. The van der Waals surface area contributed by atoms with Crippen LogP contribution in [0.15, 0.2) is 18.3 Å². The summed E-state index contributed by atoms with van der Waals surface area (Å²) in [6, 6.07) is 3.89. The number of carboxylic acids is 1. The highest BCUT2D eigenvalue weighted by Crippen LogP contribution is 2.30. The number of hydrogen-bond donors (Lipinski definition) is 2. The first-order valence-corrected chi connectivity index (χ1v) is 7.49. The molecule has 1 aromatic heterocycles. The standard InChI is InChI=1S/C17H23NO3/c1-4-18-10-12(6-5-7-19)14-8-13(11(2)3)9-15(16(14)18)17(20)21/h8-11,19H,4-7H2,1-3H3,(H,20,21). The largest absolute Gasteiger partial charge is 0.478 e. The zero-order valence-corrected chi connectivity index (χ0v) is 12.9. The summed E-state index contributed by atoms with van der Waals surface area (Å²) in [7, 11) is 0. The third-order valence-electron chi connectivity index (χ3n) is 3.92. The fraction of sp³-hybridized carbons (Fsp3) is 0.471. The number of carboxylic acid groups (broad SMARTS) is 1. The smallest absolute Gasteiger partial charge is 0.337 e. The lowest BCUT2D eigenvalue weighted by molar-refractivity contribution is 0.0698. The van der Waals surface area contributed by atoms with Crippen LogP contribution < -0.4 is 0 Å². The molecule has 0 aliphatic heterocycles. The second kappa shape index (κ2) is 6.31. The summed E-state index contributed by atoms with van der Waals surface area (Å²) in [5.74, 6) is -0.604. The highest BCUT2D eigenvalue weighted by atomic mass is 16.4. The van der Waals surface area contributed by atoms with E-state index in [-0.39, 0.29) is 12.5 Å². The first-order chi connectivity index (χ1) is 9.99. The van der Waals surface area contributed by atoms with E-state index in [2.05, 4.69) is 19.9 Å². The Hall–Kier alpha value is -1.81. The molecule has 2 rings (SSSR count). The Morgan fingerprint density at radius 2 is 2.05 bits per heavy atom. The fourth-order valence-electron chi connectivity index (χ4n) is 2.75. The average Bonchev–Trinajstić information content (AvgIpc) is 2.81. The van der Waals surface area contributed by atoms with Crippen molar-refractivity contribution in [3.8, 4) is 0 Å². The zero-order chi connectivity index (χ0) is 15.6. The summed E-state index contributed by atoms with van der Waals surface area (Å²) in [4.78, 5) is 11.6. The van der Waals surface area contributed by atoms with Crippen molar-refractivity contribution in [1.29, 1.82) is 0 Å². The van der Waals surface area contributed by atoms with Crippen LogP contribution in [0.2, 0.25) is 0 Å². The van der Waals surface area contributed by atoms with Crippen LogP contribution in [-0.4, -0.2) is 27.4 Å². The van der Waals surface area contributed by atoms with Crippen LogP contribution in [0.3, 0.4) is 0 Å². The molecule has 4 nitrogen and oxygen atoms in total. The van der Waals surface area contributed by atoms with Crippen molar-refractivity contribution in [2.45, 2.75) is 46.1 Å². The van der Waals surface area contributed by atoms with Gasteiger partial charge in [0, 0.05) is 24.7 Å². The number of aliphatic hydroxyl groups excluding tert-OH is 1. The molecule has 0 radical (unpaired) electrons. The van der Waals surface area contributed by atoms with Crippen LogP contribution in [-0.2, 0) is 13.0 Å². The number of rotatable bonds is 6. The van der Waals surface area contributed by atoms with Crippen molar-refractivity contribution in [2.24, 2.45) is 0 Å². The third kappa shape index (κ3) is 2.95. The van der Waals surface area contributed by atoms with Crippen LogP contribution >= 0.6 is 0 Å². The third-order valence-corrected chi connectivity index (χ3v) is 3.92. The lowest BCUT2D eigenvalue weighted by Crippen LogP contribution is -2.04. The van der Waals surface area contributed by atoms with Crippen molar-refractivity contribution >= 4 is 16.9 Å². The Balaban J connectivity index is 2.74. The summed E-state index contributed by atoms with van der Waals surface area (Å²) < 4.78 is 2.00. The second-order valence-electron chi connectivity index (χ2n) is 5.69. The monoisotopic (exact) mass is 289 g/mol. The van der Waals surface area contributed by atoms with Gasteiger partial charge in [0.25, 0.3) is 0 Å². The van der Waals surface area contributed by atoms with Crippen molar-refractivity contribution in [3.05, 3.63) is 35.0 Å². The molecule has 21 heavy (non-hydrogen) atoms. The molecular formula is C17H23NO3. The predicted octanol–water partition coefficient (Wildman–Crippen LogP) is 3.41. The Kier molecular flexibility index (Phi) is 4.68. The molecule has 0 saturated heterocycles. The molecule has 0 aliphatic rings. The van der Waals surface area contributed by atoms with Crippen LogP contribution in [0.5, 0.6) is 0 Å². The van der Waals surface area contributed by atoms with Crippen LogP contribution in [0, 0.1) is 0 Å². The van der Waals surface area contributed by atoms with Gasteiger partial charge in [-0.25, -0.2) is 4.79 Å². The number of aryl methyl sites for hydroxylation is 2. The van der Waals surface area contributed by atoms with Gasteiger partial charge in [-0.2, -0.15) is 0 Å². The highest BCUT2D eigenvalue weighted by molar-refractivity contribution is 6.04. The number of aromatic nitrogens is 1. The number of aliphatic hydroxyl groups is 1. The molecule has 0 saturated carbocycles. The minimum Gasteiger partial charge on any atom is -0.478 e. The van der Waals surface area contributed by atoms with Gasteiger partial charge in [0.1, 0.15) is 0 Å². The van der Waals surface area contributed by atoms with Crippen molar-refractivity contribution in [1.82, 2.24) is 4.57 Å². The fourth-order valence-corrected chi connectivity index (χ4v) is 2.75.